The van der Waals surface area contributed by atoms with E-state index in [0.29, 0.717) is 6.54 Å². The topological polar surface area (TPSA) is 36.4 Å². The third-order valence-corrected chi connectivity index (χ3v) is 5.98. The van der Waals surface area contributed by atoms with Gasteiger partial charge in [-0.2, -0.15) is 0 Å². The van der Waals surface area contributed by atoms with E-state index >= 15 is 0 Å². The molecule has 0 radical (unpaired) electrons. The number of aryl methyl sites for hydroxylation is 3. The SMILES string of the molecule is CCc1ccc2nc(N(CCCN(C)C)C(=O)c3cc(C)ccc3C)sc2c1. The number of rotatable bonds is 7. The number of amides is 1. The molecule has 1 heterocycles. The maximum Gasteiger partial charge on any atom is 0.260 e. The molecule has 148 valence electrons. The van der Waals surface area contributed by atoms with E-state index in [1.54, 1.807) is 11.3 Å². The minimum absolute atomic E-state index is 0.0368. The largest absolute Gasteiger partial charge is 0.309 e. The van der Waals surface area contributed by atoms with Crippen LogP contribution in [0.1, 0.15) is 40.4 Å². The molecule has 0 N–H and O–H groups in total. The van der Waals surface area contributed by atoms with Crippen molar-refractivity contribution in [2.24, 2.45) is 0 Å². The van der Waals surface area contributed by atoms with Crippen molar-refractivity contribution in [1.82, 2.24) is 9.88 Å². The number of nitrogens with zero attached hydrogens (tertiary/aromatic N) is 3. The number of carbonyl (C=O) groups is 1. The van der Waals surface area contributed by atoms with E-state index in [2.05, 4.69) is 44.1 Å². The van der Waals surface area contributed by atoms with E-state index in [9.17, 15) is 4.79 Å². The average molecular weight is 396 g/mol. The molecule has 0 unspecified atom stereocenters. The Morgan fingerprint density at radius 1 is 1.07 bits per heavy atom. The summed E-state index contributed by atoms with van der Waals surface area (Å²) in [5.74, 6) is 0.0368. The fraction of sp³-hybridized carbons (Fsp3) is 0.391. The molecule has 0 spiro atoms. The van der Waals surface area contributed by atoms with Crippen molar-refractivity contribution in [3.05, 3.63) is 58.7 Å². The van der Waals surface area contributed by atoms with Crippen molar-refractivity contribution in [3.63, 3.8) is 0 Å². The summed E-state index contributed by atoms with van der Waals surface area (Å²) in [5, 5.41) is 0.785. The molecule has 0 aliphatic rings. The summed E-state index contributed by atoms with van der Waals surface area (Å²) >= 11 is 1.61. The van der Waals surface area contributed by atoms with E-state index in [1.165, 1.54) is 5.56 Å². The summed E-state index contributed by atoms with van der Waals surface area (Å²) in [6.45, 7) is 7.76. The van der Waals surface area contributed by atoms with Gasteiger partial charge in [-0.25, -0.2) is 4.98 Å². The van der Waals surface area contributed by atoms with Crippen LogP contribution in [0.3, 0.4) is 0 Å². The van der Waals surface area contributed by atoms with E-state index in [1.807, 2.05) is 36.9 Å². The summed E-state index contributed by atoms with van der Waals surface area (Å²) in [6.07, 6.45) is 1.90. The van der Waals surface area contributed by atoms with Gasteiger partial charge in [0.25, 0.3) is 5.91 Å². The van der Waals surface area contributed by atoms with Gasteiger partial charge in [-0.1, -0.05) is 42.0 Å². The quantitative estimate of drug-likeness (QED) is 0.560. The number of hydrogen-bond donors (Lipinski definition) is 0. The minimum Gasteiger partial charge on any atom is -0.309 e. The van der Waals surface area contributed by atoms with E-state index < -0.39 is 0 Å². The number of thiazole rings is 1. The highest BCUT2D eigenvalue weighted by Crippen LogP contribution is 2.31. The predicted octanol–water partition coefficient (Wildman–Crippen LogP) is 5.07. The number of hydrogen-bond acceptors (Lipinski definition) is 4. The molecule has 3 rings (SSSR count). The Bertz CT molecular complexity index is 977. The molecule has 0 aliphatic heterocycles. The van der Waals surface area contributed by atoms with E-state index in [-0.39, 0.29) is 5.91 Å². The Morgan fingerprint density at radius 3 is 2.57 bits per heavy atom. The lowest BCUT2D eigenvalue weighted by Crippen LogP contribution is -2.34. The van der Waals surface area contributed by atoms with Gasteiger partial charge >= 0.3 is 0 Å². The highest BCUT2D eigenvalue weighted by atomic mass is 32.1. The second-order valence-corrected chi connectivity index (χ2v) is 8.59. The molecule has 3 aromatic rings. The van der Waals surface area contributed by atoms with Gasteiger partial charge in [-0.3, -0.25) is 9.69 Å². The zero-order valence-electron chi connectivity index (χ0n) is 17.5. The van der Waals surface area contributed by atoms with Crippen LogP contribution in [0, 0.1) is 13.8 Å². The van der Waals surface area contributed by atoms with Crippen molar-refractivity contribution in [2.75, 3.05) is 32.1 Å². The predicted molar refractivity (Wildman–Crippen MR) is 120 cm³/mol. The number of carbonyl (C=O) groups excluding carboxylic acids is 1. The van der Waals surface area contributed by atoms with Gasteiger partial charge in [0, 0.05) is 12.1 Å². The Hall–Kier alpha value is -2.24. The Kier molecular flexibility index (Phi) is 6.47. The van der Waals surface area contributed by atoms with Gasteiger partial charge in [0.1, 0.15) is 0 Å². The van der Waals surface area contributed by atoms with Crippen LogP contribution < -0.4 is 4.90 Å². The first-order valence-electron chi connectivity index (χ1n) is 9.82. The highest BCUT2D eigenvalue weighted by molar-refractivity contribution is 7.22. The minimum atomic E-state index is 0.0368. The average Bonchev–Trinajstić information content (AvgIpc) is 3.09. The summed E-state index contributed by atoms with van der Waals surface area (Å²) < 4.78 is 1.14. The van der Waals surface area contributed by atoms with Crippen molar-refractivity contribution >= 4 is 32.6 Å². The van der Waals surface area contributed by atoms with Crippen LogP contribution in [0.15, 0.2) is 36.4 Å². The van der Waals surface area contributed by atoms with Gasteiger partial charge in [0.05, 0.1) is 10.2 Å². The molecular formula is C23H29N3OS. The van der Waals surface area contributed by atoms with E-state index in [4.69, 9.17) is 4.98 Å². The first-order valence-corrected chi connectivity index (χ1v) is 10.6. The van der Waals surface area contributed by atoms with Crippen LogP contribution in [0.25, 0.3) is 10.2 Å². The third-order valence-electron chi connectivity index (χ3n) is 4.94. The first-order chi connectivity index (χ1) is 13.4. The zero-order chi connectivity index (χ0) is 20.3. The maximum absolute atomic E-state index is 13.5. The summed E-state index contributed by atoms with van der Waals surface area (Å²) in [4.78, 5) is 22.3. The van der Waals surface area contributed by atoms with Crippen LogP contribution in [-0.4, -0.2) is 43.0 Å². The second kappa shape index (κ2) is 8.84. The van der Waals surface area contributed by atoms with Crippen LogP contribution >= 0.6 is 11.3 Å². The van der Waals surface area contributed by atoms with Crippen LogP contribution in [0.5, 0.6) is 0 Å². The Labute approximate surface area is 171 Å². The van der Waals surface area contributed by atoms with Gasteiger partial charge in [0.2, 0.25) is 0 Å². The van der Waals surface area contributed by atoms with Crippen molar-refractivity contribution < 1.29 is 4.79 Å². The molecule has 0 bridgehead atoms. The molecule has 5 heteroatoms. The van der Waals surface area contributed by atoms with Crippen molar-refractivity contribution in [1.29, 1.82) is 0 Å². The van der Waals surface area contributed by atoms with Crippen LogP contribution in [-0.2, 0) is 6.42 Å². The Morgan fingerprint density at radius 2 is 1.86 bits per heavy atom. The summed E-state index contributed by atoms with van der Waals surface area (Å²) in [6, 6.07) is 12.4. The maximum atomic E-state index is 13.5. The van der Waals surface area contributed by atoms with Crippen molar-refractivity contribution in [3.8, 4) is 0 Å². The molecule has 0 aliphatic carbocycles. The summed E-state index contributed by atoms with van der Waals surface area (Å²) in [7, 11) is 4.11. The molecule has 1 aromatic heterocycles. The van der Waals surface area contributed by atoms with Crippen molar-refractivity contribution in [2.45, 2.75) is 33.6 Å². The van der Waals surface area contributed by atoms with Gasteiger partial charge in [-0.15, -0.1) is 0 Å². The van der Waals surface area contributed by atoms with Gasteiger partial charge in [-0.05, 0) is 76.7 Å². The lowest BCUT2D eigenvalue weighted by atomic mass is 10.0. The fourth-order valence-corrected chi connectivity index (χ4v) is 4.29. The van der Waals surface area contributed by atoms with E-state index in [0.717, 1.165) is 51.4 Å². The third kappa shape index (κ3) is 4.59. The summed E-state index contributed by atoms with van der Waals surface area (Å²) in [5.41, 5.74) is 5.12. The second-order valence-electron chi connectivity index (χ2n) is 7.58. The first kappa shape index (κ1) is 20.5. The number of fused-ring (bicyclic) bond motifs is 1. The lowest BCUT2D eigenvalue weighted by Gasteiger charge is -2.22. The molecule has 0 atom stereocenters. The van der Waals surface area contributed by atoms with Gasteiger partial charge in [0.15, 0.2) is 5.13 Å². The fourth-order valence-electron chi connectivity index (χ4n) is 3.23. The molecule has 4 nitrogen and oxygen atoms in total. The molecular weight excluding hydrogens is 366 g/mol. The number of anilines is 1. The molecule has 0 saturated heterocycles. The van der Waals surface area contributed by atoms with Crippen LogP contribution in [0.4, 0.5) is 5.13 Å². The zero-order valence-corrected chi connectivity index (χ0v) is 18.3. The molecule has 0 saturated carbocycles. The molecule has 0 fully saturated rings. The Balaban J connectivity index is 1.98. The van der Waals surface area contributed by atoms with Gasteiger partial charge < -0.3 is 4.90 Å². The monoisotopic (exact) mass is 395 g/mol. The highest BCUT2D eigenvalue weighted by Gasteiger charge is 2.22. The lowest BCUT2D eigenvalue weighted by molar-refractivity contribution is 0.0985. The van der Waals surface area contributed by atoms with Crippen LogP contribution in [0.2, 0.25) is 0 Å². The number of benzene rings is 2. The number of aromatic nitrogens is 1. The smallest absolute Gasteiger partial charge is 0.260 e. The molecule has 28 heavy (non-hydrogen) atoms. The standard InChI is InChI=1S/C23H29N3OS/c1-6-18-10-11-20-21(15-18)28-23(24-20)26(13-7-12-25(4)5)22(27)19-14-16(2)8-9-17(19)3/h8-11,14-15H,6-7,12-13H2,1-5H3. The normalized spacial score (nSPS) is 11.4. The molecule has 2 aromatic carbocycles. The molecule has 1 amide bonds.